The summed E-state index contributed by atoms with van der Waals surface area (Å²) in [5.41, 5.74) is 0.675. The molecule has 0 radical (unpaired) electrons. The number of aromatic carboxylic acids is 1. The molecule has 21 heavy (non-hydrogen) atoms. The number of nitrogens with one attached hydrogen (secondary N) is 2. The predicted molar refractivity (Wildman–Crippen MR) is 71.3 cm³/mol. The minimum atomic E-state index is -1.09. The number of nitrogens with zero attached hydrogens (tertiary/aromatic N) is 4. The van der Waals surface area contributed by atoms with Crippen LogP contribution in [-0.2, 0) is 13.1 Å². The van der Waals surface area contributed by atoms with Crippen molar-refractivity contribution in [3.8, 4) is 0 Å². The molecule has 0 unspecified atom stereocenters. The van der Waals surface area contributed by atoms with E-state index in [1.54, 1.807) is 13.1 Å². The SMILES string of the molecule is CN(Cc1ncn[nH]1)C(=O)NCc1ccc(C(=O)O)nc1. The van der Waals surface area contributed by atoms with E-state index >= 15 is 0 Å². The quantitative estimate of drug-likeness (QED) is 0.724. The zero-order chi connectivity index (χ0) is 15.2. The fraction of sp³-hybridized carbons (Fsp3) is 0.250. The van der Waals surface area contributed by atoms with Crippen molar-refractivity contribution in [1.82, 2.24) is 30.4 Å². The minimum Gasteiger partial charge on any atom is -0.477 e. The summed E-state index contributed by atoms with van der Waals surface area (Å²) < 4.78 is 0. The fourth-order valence-electron chi connectivity index (χ4n) is 1.57. The maximum Gasteiger partial charge on any atom is 0.354 e. The van der Waals surface area contributed by atoms with E-state index in [0.717, 1.165) is 0 Å². The summed E-state index contributed by atoms with van der Waals surface area (Å²) in [7, 11) is 1.63. The molecule has 2 amide bonds. The number of aromatic nitrogens is 4. The lowest BCUT2D eigenvalue weighted by Gasteiger charge is -2.16. The van der Waals surface area contributed by atoms with Crippen molar-refractivity contribution in [3.63, 3.8) is 0 Å². The van der Waals surface area contributed by atoms with Gasteiger partial charge in [-0.2, -0.15) is 5.10 Å². The summed E-state index contributed by atoms with van der Waals surface area (Å²) >= 11 is 0. The number of pyridine rings is 1. The Morgan fingerprint density at radius 2 is 2.19 bits per heavy atom. The Morgan fingerprint density at radius 1 is 1.38 bits per heavy atom. The molecule has 9 nitrogen and oxygen atoms in total. The van der Waals surface area contributed by atoms with E-state index in [0.29, 0.717) is 17.9 Å². The smallest absolute Gasteiger partial charge is 0.354 e. The van der Waals surface area contributed by atoms with Crippen molar-refractivity contribution >= 4 is 12.0 Å². The lowest BCUT2D eigenvalue weighted by Crippen LogP contribution is -2.36. The highest BCUT2D eigenvalue weighted by Gasteiger charge is 2.10. The van der Waals surface area contributed by atoms with Gasteiger partial charge in [-0.3, -0.25) is 5.10 Å². The van der Waals surface area contributed by atoms with Crippen LogP contribution in [0.5, 0.6) is 0 Å². The third-order valence-corrected chi connectivity index (χ3v) is 2.69. The van der Waals surface area contributed by atoms with Gasteiger partial charge in [-0.25, -0.2) is 19.6 Å². The molecule has 0 aromatic carbocycles. The number of amides is 2. The van der Waals surface area contributed by atoms with Crippen LogP contribution >= 0.6 is 0 Å². The van der Waals surface area contributed by atoms with Crippen LogP contribution in [-0.4, -0.2) is 49.2 Å². The van der Waals surface area contributed by atoms with Gasteiger partial charge < -0.3 is 15.3 Å². The minimum absolute atomic E-state index is 0.0347. The Kier molecular flexibility index (Phi) is 4.44. The van der Waals surface area contributed by atoms with Crippen molar-refractivity contribution in [1.29, 1.82) is 0 Å². The highest BCUT2D eigenvalue weighted by atomic mass is 16.4. The van der Waals surface area contributed by atoms with Crippen molar-refractivity contribution in [2.24, 2.45) is 0 Å². The van der Waals surface area contributed by atoms with Crippen LogP contribution in [0, 0.1) is 0 Å². The molecule has 2 aromatic heterocycles. The number of carbonyl (C=O) groups excluding carboxylic acids is 1. The number of rotatable bonds is 5. The average Bonchev–Trinajstić information content (AvgIpc) is 2.98. The Hall–Kier alpha value is -2.97. The first-order chi connectivity index (χ1) is 10.1. The Morgan fingerprint density at radius 3 is 2.76 bits per heavy atom. The van der Waals surface area contributed by atoms with Crippen LogP contribution < -0.4 is 5.32 Å². The largest absolute Gasteiger partial charge is 0.477 e. The highest BCUT2D eigenvalue weighted by Crippen LogP contribution is 2.01. The van der Waals surface area contributed by atoms with Gasteiger partial charge in [0.1, 0.15) is 17.8 Å². The first kappa shape index (κ1) is 14.4. The van der Waals surface area contributed by atoms with E-state index in [1.807, 2.05) is 0 Å². The summed E-state index contributed by atoms with van der Waals surface area (Å²) in [6, 6.07) is 2.71. The van der Waals surface area contributed by atoms with Crippen molar-refractivity contribution in [2.45, 2.75) is 13.1 Å². The molecule has 0 saturated heterocycles. The summed E-state index contributed by atoms with van der Waals surface area (Å²) in [4.78, 5) is 31.7. The number of carboxylic acid groups (broad SMARTS) is 1. The third kappa shape index (κ3) is 4.00. The van der Waals surface area contributed by atoms with Gasteiger partial charge in [0.05, 0.1) is 6.54 Å². The molecule has 0 spiro atoms. The lowest BCUT2D eigenvalue weighted by atomic mass is 10.2. The molecular formula is C12H14N6O3. The van der Waals surface area contributed by atoms with E-state index in [1.165, 1.54) is 23.5 Å². The Labute approximate surface area is 120 Å². The molecule has 0 bridgehead atoms. The van der Waals surface area contributed by atoms with Gasteiger partial charge in [0.15, 0.2) is 0 Å². The summed E-state index contributed by atoms with van der Waals surface area (Å²) in [5.74, 6) is -0.502. The number of H-pyrrole nitrogens is 1. The van der Waals surface area contributed by atoms with Crippen LogP contribution in [0.25, 0.3) is 0 Å². The topological polar surface area (TPSA) is 124 Å². The third-order valence-electron chi connectivity index (χ3n) is 2.69. The Bertz CT molecular complexity index is 610. The van der Waals surface area contributed by atoms with Crippen molar-refractivity contribution in [2.75, 3.05) is 7.05 Å². The molecule has 110 valence electrons. The van der Waals surface area contributed by atoms with Gasteiger partial charge in [-0.05, 0) is 11.6 Å². The summed E-state index contributed by atoms with van der Waals surface area (Å²) in [5, 5.41) is 17.8. The first-order valence-corrected chi connectivity index (χ1v) is 6.07. The molecule has 9 heteroatoms. The fourth-order valence-corrected chi connectivity index (χ4v) is 1.57. The number of aromatic amines is 1. The second-order valence-corrected chi connectivity index (χ2v) is 4.30. The zero-order valence-electron chi connectivity index (χ0n) is 11.3. The van der Waals surface area contributed by atoms with Crippen molar-refractivity contribution < 1.29 is 14.7 Å². The molecule has 0 fully saturated rings. The van der Waals surface area contributed by atoms with E-state index in [2.05, 4.69) is 25.5 Å². The molecule has 0 saturated carbocycles. The molecule has 2 heterocycles. The van der Waals surface area contributed by atoms with E-state index in [9.17, 15) is 9.59 Å². The van der Waals surface area contributed by atoms with E-state index in [-0.39, 0.29) is 18.3 Å². The van der Waals surface area contributed by atoms with Gasteiger partial charge >= 0.3 is 12.0 Å². The molecule has 0 aliphatic rings. The molecular weight excluding hydrogens is 276 g/mol. The van der Waals surface area contributed by atoms with Crippen LogP contribution in [0.1, 0.15) is 21.9 Å². The second-order valence-electron chi connectivity index (χ2n) is 4.30. The van der Waals surface area contributed by atoms with E-state index < -0.39 is 5.97 Å². The Balaban J connectivity index is 1.84. The summed E-state index contributed by atoms with van der Waals surface area (Å²) in [6.07, 6.45) is 2.79. The molecule has 3 N–H and O–H groups in total. The van der Waals surface area contributed by atoms with E-state index in [4.69, 9.17) is 5.11 Å². The second kappa shape index (κ2) is 6.46. The van der Waals surface area contributed by atoms with Crippen LogP contribution in [0.2, 0.25) is 0 Å². The molecule has 0 aliphatic carbocycles. The maximum absolute atomic E-state index is 11.9. The van der Waals surface area contributed by atoms with Gasteiger partial charge in [0.2, 0.25) is 0 Å². The number of hydrogen-bond donors (Lipinski definition) is 3. The highest BCUT2D eigenvalue weighted by molar-refractivity contribution is 5.85. The molecule has 2 aromatic rings. The first-order valence-electron chi connectivity index (χ1n) is 6.07. The standard InChI is InChI=1S/C12H14N6O3/c1-18(6-10-15-7-16-17-10)12(21)14-5-8-2-3-9(11(19)20)13-4-8/h2-4,7H,5-6H2,1H3,(H,14,21)(H,19,20)(H,15,16,17). The summed E-state index contributed by atoms with van der Waals surface area (Å²) in [6.45, 7) is 0.564. The van der Waals surface area contributed by atoms with Crippen LogP contribution in [0.4, 0.5) is 4.79 Å². The maximum atomic E-state index is 11.9. The van der Waals surface area contributed by atoms with Gasteiger partial charge in [0.25, 0.3) is 0 Å². The predicted octanol–water partition coefficient (Wildman–Crippen LogP) is 0.239. The molecule has 0 atom stereocenters. The van der Waals surface area contributed by atoms with Gasteiger partial charge in [-0.1, -0.05) is 6.07 Å². The van der Waals surface area contributed by atoms with Crippen molar-refractivity contribution in [3.05, 3.63) is 41.7 Å². The van der Waals surface area contributed by atoms with Gasteiger partial charge in [-0.15, -0.1) is 0 Å². The normalized spacial score (nSPS) is 10.1. The zero-order valence-corrected chi connectivity index (χ0v) is 11.3. The van der Waals surface area contributed by atoms with Crippen LogP contribution in [0.15, 0.2) is 24.7 Å². The number of urea groups is 1. The lowest BCUT2D eigenvalue weighted by molar-refractivity contribution is 0.0690. The number of carbonyl (C=O) groups is 2. The molecule has 2 rings (SSSR count). The van der Waals surface area contributed by atoms with Crippen LogP contribution in [0.3, 0.4) is 0 Å². The number of carboxylic acids is 1. The average molecular weight is 290 g/mol. The number of hydrogen-bond acceptors (Lipinski definition) is 5. The monoisotopic (exact) mass is 290 g/mol. The van der Waals surface area contributed by atoms with Gasteiger partial charge in [0, 0.05) is 19.8 Å². The molecule has 0 aliphatic heterocycles.